The Morgan fingerprint density at radius 1 is 1.00 bits per heavy atom. The fourth-order valence-corrected chi connectivity index (χ4v) is 0.554. The predicted molar refractivity (Wildman–Crippen MR) is 31.1 cm³/mol. The molecule has 0 heterocycles. The SMILES string of the molecule is Fc1ccc(N(F)F)cc1. The normalized spacial score (nSPS) is 9.50. The first-order valence-electron chi connectivity index (χ1n) is 2.57. The van der Waals surface area contributed by atoms with Crippen LogP contribution in [-0.4, -0.2) is 0 Å². The predicted octanol–water partition coefficient (Wildman–Crippen LogP) is 2.40. The Morgan fingerprint density at radius 2 is 1.50 bits per heavy atom. The van der Waals surface area contributed by atoms with Crippen LogP contribution in [0.25, 0.3) is 0 Å². The molecule has 0 amide bonds. The molecule has 0 spiro atoms. The number of hydrogen-bond acceptors (Lipinski definition) is 1. The first-order chi connectivity index (χ1) is 4.70. The van der Waals surface area contributed by atoms with Crippen molar-refractivity contribution in [1.29, 1.82) is 0 Å². The summed E-state index contributed by atoms with van der Waals surface area (Å²) in [6.07, 6.45) is 0. The van der Waals surface area contributed by atoms with E-state index in [9.17, 15) is 13.4 Å². The van der Waals surface area contributed by atoms with Gasteiger partial charge in [0.05, 0.1) is 0 Å². The van der Waals surface area contributed by atoms with E-state index in [4.69, 9.17) is 0 Å². The Morgan fingerprint density at radius 3 is 1.90 bits per heavy atom. The van der Waals surface area contributed by atoms with Crippen molar-refractivity contribution in [1.82, 2.24) is 0 Å². The van der Waals surface area contributed by atoms with E-state index < -0.39 is 11.2 Å². The molecule has 0 aromatic heterocycles. The molecular weight excluding hydrogens is 143 g/mol. The monoisotopic (exact) mass is 147 g/mol. The summed E-state index contributed by atoms with van der Waals surface area (Å²) in [6.45, 7) is 0. The highest BCUT2D eigenvalue weighted by atomic mass is 19.4. The molecule has 0 fully saturated rings. The molecule has 54 valence electrons. The van der Waals surface area contributed by atoms with Gasteiger partial charge in [0.1, 0.15) is 11.5 Å². The van der Waals surface area contributed by atoms with E-state index in [1.807, 2.05) is 0 Å². The molecule has 1 rings (SSSR count). The van der Waals surface area contributed by atoms with Gasteiger partial charge >= 0.3 is 0 Å². The van der Waals surface area contributed by atoms with Crippen LogP contribution in [0, 0.1) is 5.82 Å². The lowest BCUT2D eigenvalue weighted by atomic mass is 10.3. The number of hydrogen-bond donors (Lipinski definition) is 0. The Hall–Kier alpha value is -1.19. The number of benzene rings is 1. The molecular formula is C6H4F3N. The highest BCUT2D eigenvalue weighted by Gasteiger charge is 2.00. The second kappa shape index (κ2) is 2.60. The Kier molecular flexibility index (Phi) is 1.80. The lowest BCUT2D eigenvalue weighted by Crippen LogP contribution is -1.94. The van der Waals surface area contributed by atoms with Crippen molar-refractivity contribution in [3.05, 3.63) is 30.1 Å². The van der Waals surface area contributed by atoms with Crippen molar-refractivity contribution in [2.24, 2.45) is 0 Å². The maximum Gasteiger partial charge on any atom is 0.123 e. The van der Waals surface area contributed by atoms with E-state index in [1.165, 1.54) is 0 Å². The molecule has 0 saturated carbocycles. The third-order valence-corrected chi connectivity index (χ3v) is 1.02. The van der Waals surface area contributed by atoms with Crippen LogP contribution in [0.2, 0.25) is 0 Å². The summed E-state index contributed by atoms with van der Waals surface area (Å²) in [5, 5.41) is -1.07. The van der Waals surface area contributed by atoms with Gasteiger partial charge in [-0.25, -0.2) is 4.39 Å². The summed E-state index contributed by atoms with van der Waals surface area (Å²) in [6, 6.07) is 3.94. The fraction of sp³-hybridized carbons (Fsp3) is 0. The average Bonchev–Trinajstić information content (AvgIpc) is 1.88. The number of nitrogens with zero attached hydrogens (tertiary/aromatic N) is 1. The molecule has 0 unspecified atom stereocenters. The van der Waals surface area contributed by atoms with E-state index in [-0.39, 0.29) is 5.69 Å². The summed E-state index contributed by atoms with van der Waals surface area (Å²) in [7, 11) is 0. The molecule has 0 aliphatic heterocycles. The second-order valence-corrected chi connectivity index (χ2v) is 1.71. The minimum absolute atomic E-state index is 0.318. The smallest absolute Gasteiger partial charge is 0.123 e. The molecule has 0 atom stereocenters. The number of halogens is 3. The average molecular weight is 147 g/mol. The van der Waals surface area contributed by atoms with Crippen LogP contribution in [0.3, 0.4) is 0 Å². The first-order valence-corrected chi connectivity index (χ1v) is 2.57. The van der Waals surface area contributed by atoms with Crippen LogP contribution in [0.15, 0.2) is 24.3 Å². The zero-order valence-electron chi connectivity index (χ0n) is 4.89. The minimum Gasteiger partial charge on any atom is -0.207 e. The quantitative estimate of drug-likeness (QED) is 0.551. The zero-order valence-corrected chi connectivity index (χ0v) is 4.89. The summed E-state index contributed by atoms with van der Waals surface area (Å²) in [4.78, 5) is 0. The zero-order chi connectivity index (χ0) is 7.56. The van der Waals surface area contributed by atoms with Gasteiger partial charge in [-0.3, -0.25) is 0 Å². The molecule has 0 aliphatic rings. The van der Waals surface area contributed by atoms with Gasteiger partial charge in [0.25, 0.3) is 0 Å². The molecule has 0 saturated heterocycles. The molecule has 1 aromatic rings. The lowest BCUT2D eigenvalue weighted by molar-refractivity contribution is 0.235. The van der Waals surface area contributed by atoms with Crippen molar-refractivity contribution in [3.63, 3.8) is 0 Å². The third kappa shape index (κ3) is 1.40. The van der Waals surface area contributed by atoms with Crippen molar-refractivity contribution in [2.45, 2.75) is 0 Å². The Bertz CT molecular complexity index is 207. The lowest BCUT2D eigenvalue weighted by Gasteiger charge is -1.99. The summed E-state index contributed by atoms with van der Waals surface area (Å²) >= 11 is 0. The molecule has 0 radical (unpaired) electrons. The van der Waals surface area contributed by atoms with E-state index >= 15 is 0 Å². The Balaban J connectivity index is 2.89. The number of rotatable bonds is 1. The van der Waals surface area contributed by atoms with E-state index in [1.54, 1.807) is 0 Å². The van der Waals surface area contributed by atoms with Gasteiger partial charge in [-0.1, -0.05) is 8.96 Å². The standard InChI is InChI=1S/C6H4F3N/c7-5-1-3-6(4-2-5)10(8)9/h1-4H. The minimum atomic E-state index is -1.07. The van der Waals surface area contributed by atoms with E-state index in [0.29, 0.717) is 0 Å². The fourth-order valence-electron chi connectivity index (χ4n) is 0.554. The van der Waals surface area contributed by atoms with Gasteiger partial charge in [-0.15, -0.1) is 0 Å². The largest absolute Gasteiger partial charge is 0.207 e. The van der Waals surface area contributed by atoms with Crippen LogP contribution < -0.4 is 5.34 Å². The number of anilines is 1. The maximum absolute atomic E-state index is 12.1. The van der Waals surface area contributed by atoms with Gasteiger partial charge in [-0.05, 0) is 29.6 Å². The van der Waals surface area contributed by atoms with Crippen LogP contribution in [-0.2, 0) is 0 Å². The molecule has 10 heavy (non-hydrogen) atoms. The van der Waals surface area contributed by atoms with E-state index in [2.05, 4.69) is 0 Å². The van der Waals surface area contributed by atoms with Crippen LogP contribution in [0.1, 0.15) is 0 Å². The molecule has 1 aromatic carbocycles. The summed E-state index contributed by atoms with van der Waals surface area (Å²) < 4.78 is 35.3. The molecule has 0 aliphatic carbocycles. The van der Waals surface area contributed by atoms with Crippen LogP contribution >= 0.6 is 0 Å². The van der Waals surface area contributed by atoms with Crippen LogP contribution in [0.4, 0.5) is 19.0 Å². The Labute approximate surface area is 55.6 Å². The topological polar surface area (TPSA) is 3.24 Å². The molecule has 0 N–H and O–H groups in total. The maximum atomic E-state index is 12.1. The highest BCUT2D eigenvalue weighted by molar-refractivity contribution is 5.40. The highest BCUT2D eigenvalue weighted by Crippen LogP contribution is 2.14. The van der Waals surface area contributed by atoms with Crippen molar-refractivity contribution < 1.29 is 13.4 Å². The second-order valence-electron chi connectivity index (χ2n) is 1.71. The van der Waals surface area contributed by atoms with Gasteiger partial charge in [0.2, 0.25) is 0 Å². The molecule has 0 bridgehead atoms. The van der Waals surface area contributed by atoms with Gasteiger partial charge < -0.3 is 0 Å². The van der Waals surface area contributed by atoms with Gasteiger partial charge in [0.15, 0.2) is 0 Å². The van der Waals surface area contributed by atoms with Crippen molar-refractivity contribution in [2.75, 3.05) is 5.34 Å². The van der Waals surface area contributed by atoms with E-state index in [0.717, 1.165) is 24.3 Å². The summed E-state index contributed by atoms with van der Waals surface area (Å²) in [5.41, 5.74) is -0.318. The van der Waals surface area contributed by atoms with Crippen molar-refractivity contribution in [3.8, 4) is 0 Å². The summed E-state index contributed by atoms with van der Waals surface area (Å²) in [5.74, 6) is -0.523. The first kappa shape index (κ1) is 6.92. The van der Waals surface area contributed by atoms with Gasteiger partial charge in [0, 0.05) is 0 Å². The van der Waals surface area contributed by atoms with Gasteiger partial charge in [-0.2, -0.15) is 0 Å². The van der Waals surface area contributed by atoms with Crippen LogP contribution in [0.5, 0.6) is 0 Å². The molecule has 4 heteroatoms. The van der Waals surface area contributed by atoms with Crippen molar-refractivity contribution >= 4 is 5.69 Å². The molecule has 1 nitrogen and oxygen atoms in total. The third-order valence-electron chi connectivity index (χ3n) is 1.02.